The van der Waals surface area contributed by atoms with Crippen molar-refractivity contribution >= 4 is 21.5 Å². The lowest BCUT2D eigenvalue weighted by Gasteiger charge is -2.20. The first-order chi connectivity index (χ1) is 14.5. The van der Waals surface area contributed by atoms with E-state index in [0.29, 0.717) is 0 Å². The van der Waals surface area contributed by atoms with Crippen molar-refractivity contribution < 1.29 is 0 Å². The molecule has 1 aromatic heterocycles. The third-order valence-electron chi connectivity index (χ3n) is 5.89. The maximum Gasteiger partial charge on any atom is 0.0780 e. The Morgan fingerprint density at radius 2 is 1.23 bits per heavy atom. The summed E-state index contributed by atoms with van der Waals surface area (Å²) in [7, 11) is 0. The number of aromatic nitrogens is 1. The predicted octanol–water partition coefficient (Wildman–Crippen LogP) is 8.02. The smallest absolute Gasteiger partial charge is 0.0780 e. The van der Waals surface area contributed by atoms with Crippen LogP contribution in [0.3, 0.4) is 0 Å². The second-order valence-corrected chi connectivity index (χ2v) is 8.95. The van der Waals surface area contributed by atoms with E-state index in [4.69, 9.17) is 4.98 Å². The van der Waals surface area contributed by atoms with Gasteiger partial charge in [-0.05, 0) is 44.3 Å². The van der Waals surface area contributed by atoms with Crippen molar-refractivity contribution in [2.24, 2.45) is 0 Å². The van der Waals surface area contributed by atoms with Gasteiger partial charge in [-0.1, -0.05) is 106 Å². The molecule has 4 aromatic carbocycles. The molecule has 0 saturated heterocycles. The Bertz CT molecular complexity index is 1340. The number of fused-ring (bicyclic) bond motifs is 3. The number of rotatable bonds is 2. The van der Waals surface area contributed by atoms with Gasteiger partial charge in [0.1, 0.15) is 0 Å². The van der Waals surface area contributed by atoms with Crippen molar-refractivity contribution in [3.63, 3.8) is 0 Å². The Morgan fingerprint density at radius 3 is 1.97 bits per heavy atom. The summed E-state index contributed by atoms with van der Waals surface area (Å²) in [6, 6.07) is 32.6. The average molecular weight is 388 g/mol. The summed E-state index contributed by atoms with van der Waals surface area (Å²) in [5, 5.41) is 5.02. The molecule has 0 bridgehead atoms. The molecule has 5 aromatic rings. The van der Waals surface area contributed by atoms with Crippen LogP contribution in [0.5, 0.6) is 0 Å². The molecule has 0 fully saturated rings. The third kappa shape index (κ3) is 3.27. The summed E-state index contributed by atoms with van der Waals surface area (Å²) in [5.41, 5.74) is 6.14. The second kappa shape index (κ2) is 7.11. The number of benzene rings is 4. The van der Waals surface area contributed by atoms with Crippen molar-refractivity contribution in [3.8, 4) is 22.4 Å². The van der Waals surface area contributed by atoms with E-state index in [1.54, 1.807) is 0 Å². The van der Waals surface area contributed by atoms with Crippen molar-refractivity contribution in [2.75, 3.05) is 0 Å². The average Bonchev–Trinajstić information content (AvgIpc) is 2.78. The Labute approximate surface area is 178 Å². The maximum absolute atomic E-state index is 4.74. The van der Waals surface area contributed by atoms with Crippen LogP contribution in [0.2, 0.25) is 0 Å². The highest BCUT2D eigenvalue weighted by Gasteiger charge is 2.15. The number of hydrogen-bond donors (Lipinski definition) is 0. The van der Waals surface area contributed by atoms with Crippen molar-refractivity contribution in [2.45, 2.75) is 26.2 Å². The van der Waals surface area contributed by atoms with Crippen LogP contribution in [0.15, 0.2) is 97.2 Å². The molecule has 0 saturated carbocycles. The summed E-state index contributed by atoms with van der Waals surface area (Å²) in [5.74, 6) is 0. The van der Waals surface area contributed by atoms with Crippen LogP contribution >= 0.6 is 0 Å². The molecule has 1 heterocycles. The molecule has 0 spiro atoms. The molecule has 146 valence electrons. The van der Waals surface area contributed by atoms with Gasteiger partial charge in [0.25, 0.3) is 0 Å². The van der Waals surface area contributed by atoms with Gasteiger partial charge in [0.15, 0.2) is 0 Å². The highest BCUT2D eigenvalue weighted by atomic mass is 14.7. The van der Waals surface area contributed by atoms with Gasteiger partial charge in [-0.25, -0.2) is 0 Å². The summed E-state index contributed by atoms with van der Waals surface area (Å²) in [6.45, 7) is 6.78. The van der Waals surface area contributed by atoms with E-state index in [9.17, 15) is 0 Å². The zero-order valence-corrected chi connectivity index (χ0v) is 17.7. The van der Waals surface area contributed by atoms with Crippen LogP contribution in [0.4, 0.5) is 0 Å². The van der Waals surface area contributed by atoms with E-state index in [0.717, 1.165) is 11.3 Å². The zero-order valence-electron chi connectivity index (χ0n) is 17.7. The van der Waals surface area contributed by atoms with Crippen LogP contribution < -0.4 is 0 Å². The molecule has 30 heavy (non-hydrogen) atoms. The predicted molar refractivity (Wildman–Crippen MR) is 129 cm³/mol. The number of nitrogens with zero attached hydrogens (tertiary/aromatic N) is 1. The summed E-state index contributed by atoms with van der Waals surface area (Å²) in [6.07, 6.45) is 1.93. The Morgan fingerprint density at radius 1 is 0.567 bits per heavy atom. The van der Waals surface area contributed by atoms with E-state index >= 15 is 0 Å². The lowest BCUT2D eigenvalue weighted by atomic mass is 9.85. The van der Waals surface area contributed by atoms with Crippen molar-refractivity contribution in [3.05, 3.63) is 103 Å². The number of hydrogen-bond acceptors (Lipinski definition) is 1. The lowest BCUT2D eigenvalue weighted by molar-refractivity contribution is 0.591. The summed E-state index contributed by atoms with van der Waals surface area (Å²) in [4.78, 5) is 4.74. The van der Waals surface area contributed by atoms with Gasteiger partial charge in [-0.2, -0.15) is 0 Å². The third-order valence-corrected chi connectivity index (χ3v) is 5.89. The molecule has 0 unspecified atom stereocenters. The fourth-order valence-electron chi connectivity index (χ4n) is 4.14. The highest BCUT2D eigenvalue weighted by Crippen LogP contribution is 2.34. The molecule has 1 nitrogen and oxygen atoms in total. The van der Waals surface area contributed by atoms with Gasteiger partial charge in [-0.3, -0.25) is 4.98 Å². The molecule has 0 atom stereocenters. The molecule has 0 aliphatic carbocycles. The fraction of sp³-hybridized carbons (Fsp3) is 0.138. The van der Waals surface area contributed by atoms with Gasteiger partial charge in [0, 0.05) is 17.1 Å². The quantitative estimate of drug-likeness (QED) is 0.279. The van der Waals surface area contributed by atoms with E-state index in [1.807, 2.05) is 12.3 Å². The van der Waals surface area contributed by atoms with Gasteiger partial charge in [0.2, 0.25) is 0 Å². The van der Waals surface area contributed by atoms with Crippen LogP contribution in [0, 0.1) is 0 Å². The molecular weight excluding hydrogens is 362 g/mol. The summed E-state index contributed by atoms with van der Waals surface area (Å²) >= 11 is 0. The highest BCUT2D eigenvalue weighted by molar-refractivity contribution is 6.11. The van der Waals surface area contributed by atoms with Gasteiger partial charge < -0.3 is 0 Å². The van der Waals surface area contributed by atoms with E-state index in [1.165, 1.54) is 38.2 Å². The van der Waals surface area contributed by atoms with Crippen LogP contribution in [0.1, 0.15) is 26.3 Å². The first-order valence-corrected chi connectivity index (χ1v) is 10.5. The zero-order chi connectivity index (χ0) is 20.7. The Kier molecular flexibility index (Phi) is 4.40. The van der Waals surface area contributed by atoms with Gasteiger partial charge in [-0.15, -0.1) is 0 Å². The van der Waals surface area contributed by atoms with Crippen molar-refractivity contribution in [1.29, 1.82) is 0 Å². The van der Waals surface area contributed by atoms with Crippen LogP contribution in [-0.4, -0.2) is 4.98 Å². The monoisotopic (exact) mass is 387 g/mol. The van der Waals surface area contributed by atoms with Crippen LogP contribution in [0.25, 0.3) is 43.9 Å². The molecule has 0 amide bonds. The molecule has 0 radical (unpaired) electrons. The Hall–Kier alpha value is -3.45. The van der Waals surface area contributed by atoms with E-state index in [2.05, 4.69) is 106 Å². The molecule has 0 N–H and O–H groups in total. The molecule has 0 aliphatic heterocycles. The van der Waals surface area contributed by atoms with Crippen LogP contribution in [-0.2, 0) is 5.41 Å². The molecule has 5 rings (SSSR count). The summed E-state index contributed by atoms with van der Waals surface area (Å²) < 4.78 is 0. The lowest BCUT2D eigenvalue weighted by Crippen LogP contribution is -2.10. The molecule has 0 aliphatic rings. The largest absolute Gasteiger partial charge is 0.256 e. The minimum absolute atomic E-state index is 0.146. The van der Waals surface area contributed by atoms with Crippen molar-refractivity contribution in [1.82, 2.24) is 4.98 Å². The SMILES string of the molecule is CC(C)(C)c1ccc2c(ccc3c(-c4ccc(-c5ccccc5)cc4)nccc32)c1. The molecule has 1 heteroatoms. The maximum atomic E-state index is 4.74. The normalized spacial score (nSPS) is 11.8. The minimum Gasteiger partial charge on any atom is -0.256 e. The second-order valence-electron chi connectivity index (χ2n) is 8.95. The minimum atomic E-state index is 0.146. The van der Waals surface area contributed by atoms with E-state index in [-0.39, 0.29) is 5.41 Å². The number of pyridine rings is 1. The Balaban J connectivity index is 1.62. The molecular formula is C29H25N. The van der Waals surface area contributed by atoms with Gasteiger partial charge >= 0.3 is 0 Å². The topological polar surface area (TPSA) is 12.9 Å². The van der Waals surface area contributed by atoms with Gasteiger partial charge in [0.05, 0.1) is 5.69 Å². The first-order valence-electron chi connectivity index (χ1n) is 10.5. The fourth-order valence-corrected chi connectivity index (χ4v) is 4.14. The van der Waals surface area contributed by atoms with E-state index < -0.39 is 0 Å². The first kappa shape index (κ1) is 18.6. The standard InChI is InChI=1S/C29H25N/c1-29(2,3)24-14-16-25-23(19-24)13-15-27-26(25)17-18-30-28(27)22-11-9-21(10-12-22)20-7-5-4-6-8-20/h4-19H,1-3H3.